The maximum atomic E-state index is 10.9. The fraction of sp³-hybridized carbons (Fsp3) is 0.167. The zero-order valence-corrected chi connectivity index (χ0v) is 10.1. The molecule has 4 nitrogen and oxygen atoms in total. The molecule has 0 saturated heterocycles. The lowest BCUT2D eigenvalue weighted by Crippen LogP contribution is -2.07. The monoisotopic (exact) mass is 248 g/mol. The fourth-order valence-corrected chi connectivity index (χ4v) is 2.35. The van der Waals surface area contributed by atoms with E-state index in [1.807, 2.05) is 23.8 Å². The van der Waals surface area contributed by atoms with Crippen molar-refractivity contribution in [2.45, 2.75) is 13.0 Å². The second-order valence-electron chi connectivity index (χ2n) is 3.70. The average molecular weight is 248 g/mol. The van der Waals surface area contributed by atoms with Crippen LogP contribution in [0.1, 0.15) is 18.5 Å². The molecule has 0 amide bonds. The Hall–Kier alpha value is -1.88. The first-order chi connectivity index (χ1) is 8.18. The van der Waals surface area contributed by atoms with E-state index in [9.17, 15) is 10.1 Å². The minimum atomic E-state index is -0.372. The number of thiophene rings is 1. The van der Waals surface area contributed by atoms with Gasteiger partial charge in [-0.05, 0) is 35.4 Å². The summed E-state index contributed by atoms with van der Waals surface area (Å²) in [5, 5.41) is 18.0. The first-order valence-corrected chi connectivity index (χ1v) is 6.15. The molecule has 1 atom stereocenters. The third-order valence-electron chi connectivity index (χ3n) is 2.52. The van der Waals surface area contributed by atoms with Gasteiger partial charge in [-0.3, -0.25) is 10.1 Å². The van der Waals surface area contributed by atoms with Gasteiger partial charge in [0.15, 0.2) is 0 Å². The van der Waals surface area contributed by atoms with E-state index in [0.29, 0.717) is 5.69 Å². The predicted molar refractivity (Wildman–Crippen MR) is 69.5 cm³/mol. The van der Waals surface area contributed by atoms with Gasteiger partial charge in [0.2, 0.25) is 0 Å². The first kappa shape index (κ1) is 11.6. The molecular formula is C12H12N2O2S. The number of nitro benzene ring substituents is 1. The van der Waals surface area contributed by atoms with Gasteiger partial charge in [-0.1, -0.05) is 12.1 Å². The lowest BCUT2D eigenvalue weighted by molar-refractivity contribution is -0.384. The summed E-state index contributed by atoms with van der Waals surface area (Å²) in [4.78, 5) is 10.5. The van der Waals surface area contributed by atoms with Crippen molar-refractivity contribution >= 4 is 22.7 Å². The Morgan fingerprint density at radius 2 is 2.12 bits per heavy atom. The van der Waals surface area contributed by atoms with E-state index in [0.717, 1.165) is 5.56 Å². The topological polar surface area (TPSA) is 55.2 Å². The highest BCUT2D eigenvalue weighted by Gasteiger charge is 2.14. The number of hydrogen-bond donors (Lipinski definition) is 1. The van der Waals surface area contributed by atoms with Crippen LogP contribution in [0.25, 0.3) is 0 Å². The molecule has 0 aliphatic carbocycles. The highest BCUT2D eigenvalue weighted by atomic mass is 32.1. The summed E-state index contributed by atoms with van der Waals surface area (Å²) in [5.41, 5.74) is 1.79. The Morgan fingerprint density at radius 3 is 2.76 bits per heavy atom. The number of benzene rings is 1. The standard InChI is InChI=1S/C12H12N2O2S/c1-9(10-6-7-17-8-10)13-11-4-2-3-5-12(11)14(15)16/h2-9,13H,1H3. The van der Waals surface area contributed by atoms with Crippen LogP contribution in [-0.2, 0) is 0 Å². The van der Waals surface area contributed by atoms with Crippen molar-refractivity contribution < 1.29 is 4.92 Å². The normalized spacial score (nSPS) is 12.1. The van der Waals surface area contributed by atoms with Crippen molar-refractivity contribution in [3.05, 3.63) is 56.8 Å². The maximum absolute atomic E-state index is 10.9. The van der Waals surface area contributed by atoms with E-state index >= 15 is 0 Å². The van der Waals surface area contributed by atoms with Crippen LogP contribution in [0.2, 0.25) is 0 Å². The van der Waals surface area contributed by atoms with Gasteiger partial charge in [0, 0.05) is 12.1 Å². The molecule has 0 aliphatic heterocycles. The highest BCUT2D eigenvalue weighted by molar-refractivity contribution is 7.07. The van der Waals surface area contributed by atoms with Crippen molar-refractivity contribution in [1.29, 1.82) is 0 Å². The van der Waals surface area contributed by atoms with E-state index in [-0.39, 0.29) is 16.7 Å². The largest absolute Gasteiger partial charge is 0.373 e. The molecular weight excluding hydrogens is 236 g/mol. The van der Waals surface area contributed by atoms with Gasteiger partial charge >= 0.3 is 0 Å². The fourth-order valence-electron chi connectivity index (χ4n) is 1.59. The second-order valence-corrected chi connectivity index (χ2v) is 4.48. The lowest BCUT2D eigenvalue weighted by atomic mass is 10.1. The minimum Gasteiger partial charge on any atom is -0.373 e. The summed E-state index contributed by atoms with van der Waals surface area (Å²) in [6.45, 7) is 1.98. The molecule has 5 heteroatoms. The molecule has 88 valence electrons. The van der Waals surface area contributed by atoms with E-state index < -0.39 is 0 Å². The summed E-state index contributed by atoms with van der Waals surface area (Å²) < 4.78 is 0. The van der Waals surface area contributed by atoms with Gasteiger partial charge in [0.1, 0.15) is 5.69 Å². The van der Waals surface area contributed by atoms with E-state index in [2.05, 4.69) is 5.32 Å². The molecule has 1 aromatic heterocycles. The SMILES string of the molecule is CC(Nc1ccccc1[N+](=O)[O-])c1ccsc1. The zero-order chi connectivity index (χ0) is 12.3. The number of rotatable bonds is 4. The van der Waals surface area contributed by atoms with Crippen molar-refractivity contribution in [1.82, 2.24) is 0 Å². The number of para-hydroxylation sites is 2. The van der Waals surface area contributed by atoms with Gasteiger partial charge in [-0.25, -0.2) is 0 Å². The van der Waals surface area contributed by atoms with E-state index in [4.69, 9.17) is 0 Å². The van der Waals surface area contributed by atoms with E-state index in [1.54, 1.807) is 29.5 Å². The number of nitrogens with zero attached hydrogens (tertiary/aromatic N) is 1. The Labute approximate surface area is 103 Å². The van der Waals surface area contributed by atoms with Crippen molar-refractivity contribution in [2.75, 3.05) is 5.32 Å². The first-order valence-electron chi connectivity index (χ1n) is 5.20. The Balaban J connectivity index is 2.21. The molecule has 0 radical (unpaired) electrons. The van der Waals surface area contributed by atoms with Crippen molar-refractivity contribution in [3.63, 3.8) is 0 Å². The van der Waals surface area contributed by atoms with Crippen LogP contribution >= 0.6 is 11.3 Å². The van der Waals surface area contributed by atoms with Gasteiger partial charge in [-0.15, -0.1) is 0 Å². The summed E-state index contributed by atoms with van der Waals surface area (Å²) in [5.74, 6) is 0. The Kier molecular flexibility index (Phi) is 3.39. The van der Waals surface area contributed by atoms with Gasteiger partial charge in [-0.2, -0.15) is 11.3 Å². The van der Waals surface area contributed by atoms with E-state index in [1.165, 1.54) is 6.07 Å². The van der Waals surface area contributed by atoms with Gasteiger partial charge < -0.3 is 5.32 Å². The Morgan fingerprint density at radius 1 is 1.35 bits per heavy atom. The predicted octanol–water partition coefficient (Wildman–Crippen LogP) is 3.83. The average Bonchev–Trinajstić information content (AvgIpc) is 2.83. The molecule has 2 aromatic rings. The third-order valence-corrected chi connectivity index (χ3v) is 3.22. The third kappa shape index (κ3) is 2.62. The van der Waals surface area contributed by atoms with Crippen LogP contribution in [0.15, 0.2) is 41.1 Å². The minimum absolute atomic E-state index is 0.0577. The zero-order valence-electron chi connectivity index (χ0n) is 9.29. The molecule has 0 spiro atoms. The molecule has 17 heavy (non-hydrogen) atoms. The van der Waals surface area contributed by atoms with Crippen LogP contribution in [0.3, 0.4) is 0 Å². The number of hydrogen-bond acceptors (Lipinski definition) is 4. The van der Waals surface area contributed by atoms with Gasteiger partial charge in [0.05, 0.1) is 4.92 Å². The van der Waals surface area contributed by atoms with Crippen molar-refractivity contribution in [2.24, 2.45) is 0 Å². The molecule has 1 N–H and O–H groups in total. The highest BCUT2D eigenvalue weighted by Crippen LogP contribution is 2.28. The molecule has 0 aliphatic rings. The quantitative estimate of drug-likeness (QED) is 0.660. The number of anilines is 1. The van der Waals surface area contributed by atoms with Gasteiger partial charge in [0.25, 0.3) is 5.69 Å². The molecule has 1 unspecified atom stereocenters. The molecule has 1 heterocycles. The Bertz CT molecular complexity index is 511. The molecule has 0 bridgehead atoms. The molecule has 0 fully saturated rings. The summed E-state index contributed by atoms with van der Waals surface area (Å²) in [6.07, 6.45) is 0. The summed E-state index contributed by atoms with van der Waals surface area (Å²) >= 11 is 1.62. The van der Waals surface area contributed by atoms with Crippen LogP contribution in [0, 0.1) is 10.1 Å². The smallest absolute Gasteiger partial charge is 0.292 e. The van der Waals surface area contributed by atoms with Crippen LogP contribution in [-0.4, -0.2) is 4.92 Å². The lowest BCUT2D eigenvalue weighted by Gasteiger charge is -2.13. The van der Waals surface area contributed by atoms with Crippen molar-refractivity contribution in [3.8, 4) is 0 Å². The van der Waals surface area contributed by atoms with Crippen LogP contribution in [0.5, 0.6) is 0 Å². The van der Waals surface area contributed by atoms with Crippen LogP contribution in [0.4, 0.5) is 11.4 Å². The summed E-state index contributed by atoms with van der Waals surface area (Å²) in [6, 6.07) is 8.75. The molecule has 1 aromatic carbocycles. The summed E-state index contributed by atoms with van der Waals surface area (Å²) in [7, 11) is 0. The number of nitro groups is 1. The second kappa shape index (κ2) is 4.97. The number of nitrogens with one attached hydrogen (secondary N) is 1. The van der Waals surface area contributed by atoms with Crippen LogP contribution < -0.4 is 5.32 Å². The maximum Gasteiger partial charge on any atom is 0.292 e. The molecule has 2 rings (SSSR count). The molecule has 0 saturated carbocycles.